The molecule has 5 rings (SSSR count). The number of hydrogen-bond acceptors (Lipinski definition) is 2. The predicted molar refractivity (Wildman–Crippen MR) is 148 cm³/mol. The van der Waals surface area contributed by atoms with Gasteiger partial charge in [0.25, 0.3) is 0 Å². The van der Waals surface area contributed by atoms with Crippen molar-refractivity contribution in [1.82, 2.24) is 9.97 Å². The number of aromatic nitrogens is 2. The van der Waals surface area contributed by atoms with Gasteiger partial charge < -0.3 is 0 Å². The maximum Gasteiger partial charge on any atom is 0.0973 e. The van der Waals surface area contributed by atoms with Crippen LogP contribution >= 0.6 is 0 Å². The molecule has 2 nitrogen and oxygen atoms in total. The van der Waals surface area contributed by atoms with Gasteiger partial charge in [-0.1, -0.05) is 126 Å². The van der Waals surface area contributed by atoms with E-state index in [1.165, 1.54) is 16.7 Å². The second-order valence-electron chi connectivity index (χ2n) is 9.04. The minimum absolute atomic E-state index is 0.871. The minimum atomic E-state index is 0.871. The van der Waals surface area contributed by atoms with Gasteiger partial charge >= 0.3 is 0 Å². The Morgan fingerprint density at radius 1 is 0.429 bits per heavy atom. The van der Waals surface area contributed by atoms with E-state index < -0.39 is 0 Å². The Balaban J connectivity index is 1.82. The fraction of sp³-hybridized carbons (Fsp3) is 0.0909. The van der Waals surface area contributed by atoms with Crippen LogP contribution in [0.5, 0.6) is 0 Å². The second kappa shape index (κ2) is 9.52. The molecule has 170 valence electrons. The van der Waals surface area contributed by atoms with Gasteiger partial charge in [-0.05, 0) is 26.3 Å². The highest BCUT2D eigenvalue weighted by atomic mass is 14.9. The third-order valence-electron chi connectivity index (χ3n) is 6.29. The Kier molecular flexibility index (Phi) is 6.12. The van der Waals surface area contributed by atoms with Crippen LogP contribution in [0.1, 0.15) is 22.3 Å². The number of benzene rings is 4. The van der Waals surface area contributed by atoms with E-state index >= 15 is 0 Å². The summed E-state index contributed by atoms with van der Waals surface area (Å²) in [5.41, 5.74) is 12.4. The fourth-order valence-corrected chi connectivity index (χ4v) is 4.15. The van der Waals surface area contributed by atoms with E-state index in [9.17, 15) is 0 Å². The SMILES string of the molecule is C=Cc1ccc(-c2nc(-c3ccc(C)cc3)c(-c3ccc(C)cc3)nc2-c2ccc(C)cc2)cc1. The molecule has 0 unspecified atom stereocenters. The molecule has 0 radical (unpaired) electrons. The molecule has 0 spiro atoms. The first-order valence-electron chi connectivity index (χ1n) is 11.9. The quantitative estimate of drug-likeness (QED) is 0.266. The summed E-state index contributed by atoms with van der Waals surface area (Å²) in [6.45, 7) is 10.2. The average Bonchev–Trinajstić information content (AvgIpc) is 2.89. The lowest BCUT2D eigenvalue weighted by Gasteiger charge is -2.16. The Morgan fingerprint density at radius 3 is 0.943 bits per heavy atom. The molecule has 0 atom stereocenters. The highest BCUT2D eigenvalue weighted by molar-refractivity contribution is 5.86. The van der Waals surface area contributed by atoms with Crippen molar-refractivity contribution in [3.63, 3.8) is 0 Å². The zero-order valence-electron chi connectivity index (χ0n) is 20.4. The van der Waals surface area contributed by atoms with Crippen molar-refractivity contribution in [2.24, 2.45) is 0 Å². The lowest BCUT2D eigenvalue weighted by molar-refractivity contribution is 1.21. The number of nitrogens with zero attached hydrogens (tertiary/aromatic N) is 2. The van der Waals surface area contributed by atoms with Crippen LogP contribution in [0.2, 0.25) is 0 Å². The molecule has 5 aromatic rings. The number of rotatable bonds is 5. The maximum atomic E-state index is 5.31. The van der Waals surface area contributed by atoms with Gasteiger partial charge in [-0.3, -0.25) is 0 Å². The van der Waals surface area contributed by atoms with Crippen molar-refractivity contribution in [3.8, 4) is 45.0 Å². The van der Waals surface area contributed by atoms with Crippen molar-refractivity contribution in [2.75, 3.05) is 0 Å². The smallest absolute Gasteiger partial charge is 0.0973 e. The van der Waals surface area contributed by atoms with Crippen LogP contribution in [0.4, 0.5) is 0 Å². The summed E-state index contributed by atoms with van der Waals surface area (Å²) in [5.74, 6) is 0. The zero-order valence-corrected chi connectivity index (χ0v) is 20.4. The summed E-state index contributed by atoms with van der Waals surface area (Å²) < 4.78 is 0. The molecule has 0 aliphatic rings. The van der Waals surface area contributed by atoms with E-state index in [0.29, 0.717) is 0 Å². The van der Waals surface area contributed by atoms with Gasteiger partial charge in [-0.25, -0.2) is 9.97 Å². The van der Waals surface area contributed by atoms with Gasteiger partial charge in [0.2, 0.25) is 0 Å². The Labute approximate surface area is 207 Å². The Bertz CT molecular complexity index is 1480. The van der Waals surface area contributed by atoms with E-state index in [0.717, 1.165) is 50.6 Å². The average molecular weight is 453 g/mol. The van der Waals surface area contributed by atoms with Gasteiger partial charge in [0, 0.05) is 22.3 Å². The first-order valence-corrected chi connectivity index (χ1v) is 11.9. The largest absolute Gasteiger partial charge is 0.243 e. The summed E-state index contributed by atoms with van der Waals surface area (Å²) in [6, 6.07) is 33.9. The van der Waals surface area contributed by atoms with E-state index in [-0.39, 0.29) is 0 Å². The molecule has 1 heterocycles. The summed E-state index contributed by atoms with van der Waals surface area (Å²) in [4.78, 5) is 10.6. The molecule has 1 aromatic heterocycles. The maximum absolute atomic E-state index is 5.31. The molecule has 0 N–H and O–H groups in total. The molecule has 0 saturated heterocycles. The van der Waals surface area contributed by atoms with E-state index in [1.54, 1.807) is 0 Å². The van der Waals surface area contributed by atoms with Crippen LogP contribution in [0.15, 0.2) is 104 Å². The number of hydrogen-bond donors (Lipinski definition) is 0. The van der Waals surface area contributed by atoms with E-state index in [2.05, 4.69) is 124 Å². The lowest BCUT2D eigenvalue weighted by Crippen LogP contribution is -2.01. The van der Waals surface area contributed by atoms with Crippen LogP contribution in [0, 0.1) is 20.8 Å². The van der Waals surface area contributed by atoms with E-state index in [4.69, 9.17) is 9.97 Å². The van der Waals surface area contributed by atoms with Gasteiger partial charge in [-0.2, -0.15) is 0 Å². The molecule has 0 bridgehead atoms. The van der Waals surface area contributed by atoms with Gasteiger partial charge in [0.05, 0.1) is 22.8 Å². The molecule has 35 heavy (non-hydrogen) atoms. The molecule has 0 aliphatic carbocycles. The third-order valence-corrected chi connectivity index (χ3v) is 6.29. The number of aryl methyl sites for hydroxylation is 3. The van der Waals surface area contributed by atoms with Crippen LogP contribution < -0.4 is 0 Å². The fourth-order valence-electron chi connectivity index (χ4n) is 4.15. The summed E-state index contributed by atoms with van der Waals surface area (Å²) in [5, 5.41) is 0. The summed E-state index contributed by atoms with van der Waals surface area (Å²) in [6.07, 6.45) is 1.86. The van der Waals surface area contributed by atoms with Crippen LogP contribution in [-0.2, 0) is 0 Å². The Hall–Kier alpha value is -4.30. The van der Waals surface area contributed by atoms with Crippen molar-refractivity contribution in [3.05, 3.63) is 126 Å². The highest BCUT2D eigenvalue weighted by Crippen LogP contribution is 2.37. The molecular formula is C33H28N2. The molecule has 0 fully saturated rings. The molecule has 2 heteroatoms. The lowest BCUT2D eigenvalue weighted by atomic mass is 9.98. The molecule has 0 aliphatic heterocycles. The zero-order chi connectivity index (χ0) is 24.4. The van der Waals surface area contributed by atoms with Gasteiger partial charge in [0.15, 0.2) is 0 Å². The molecule has 0 amide bonds. The molecule has 4 aromatic carbocycles. The first-order chi connectivity index (χ1) is 17.0. The van der Waals surface area contributed by atoms with Crippen molar-refractivity contribution in [2.45, 2.75) is 20.8 Å². The van der Waals surface area contributed by atoms with Crippen molar-refractivity contribution >= 4 is 6.08 Å². The van der Waals surface area contributed by atoms with Crippen molar-refractivity contribution < 1.29 is 0 Å². The monoisotopic (exact) mass is 452 g/mol. The minimum Gasteiger partial charge on any atom is -0.243 e. The van der Waals surface area contributed by atoms with Crippen molar-refractivity contribution in [1.29, 1.82) is 0 Å². The summed E-state index contributed by atoms with van der Waals surface area (Å²) >= 11 is 0. The molecular weight excluding hydrogens is 424 g/mol. The van der Waals surface area contributed by atoms with Crippen LogP contribution in [-0.4, -0.2) is 9.97 Å². The first kappa shape index (κ1) is 22.5. The predicted octanol–water partition coefficient (Wildman–Crippen LogP) is 8.71. The van der Waals surface area contributed by atoms with Gasteiger partial charge in [-0.15, -0.1) is 0 Å². The van der Waals surface area contributed by atoms with E-state index in [1.807, 2.05) is 6.08 Å². The normalized spacial score (nSPS) is 10.8. The second-order valence-corrected chi connectivity index (χ2v) is 9.04. The standard InChI is InChI=1S/C33H28N2/c1-5-25-12-20-29(21-13-25)33-32(28-18-10-24(4)11-19-28)34-30(26-14-6-22(2)7-15-26)31(35-33)27-16-8-23(3)9-17-27/h5-21H,1H2,2-4H3. The summed E-state index contributed by atoms with van der Waals surface area (Å²) in [7, 11) is 0. The van der Waals surface area contributed by atoms with Crippen LogP contribution in [0.25, 0.3) is 51.1 Å². The Morgan fingerprint density at radius 2 is 0.686 bits per heavy atom. The highest BCUT2D eigenvalue weighted by Gasteiger charge is 2.19. The molecule has 0 saturated carbocycles. The van der Waals surface area contributed by atoms with Gasteiger partial charge in [0.1, 0.15) is 0 Å². The third kappa shape index (κ3) is 4.69. The van der Waals surface area contributed by atoms with Crippen LogP contribution in [0.3, 0.4) is 0 Å². The topological polar surface area (TPSA) is 25.8 Å².